The first-order valence-electron chi connectivity index (χ1n) is 11.9. The van der Waals surface area contributed by atoms with E-state index in [-0.39, 0.29) is 21.9 Å². The Morgan fingerprint density at radius 3 is 1.97 bits per heavy atom. The van der Waals surface area contributed by atoms with E-state index < -0.39 is 16.1 Å². The number of allylic oxidation sites excluding steroid dienone is 1. The number of amides is 2. The fraction of sp³-hybridized carbons (Fsp3) is 0.0323. The second-order valence-corrected chi connectivity index (χ2v) is 10.5. The van der Waals surface area contributed by atoms with Crippen molar-refractivity contribution in [2.24, 2.45) is 0 Å². The van der Waals surface area contributed by atoms with Gasteiger partial charge in [0.2, 0.25) is 0 Å². The molecule has 2 amide bonds. The number of anilines is 1. The van der Waals surface area contributed by atoms with Crippen molar-refractivity contribution in [3.05, 3.63) is 126 Å². The number of ketones is 1. The number of hydrogen-bond acceptors (Lipinski definition) is 4. The van der Waals surface area contributed by atoms with E-state index in [9.17, 15) is 18.0 Å². The lowest BCUT2D eigenvalue weighted by Crippen LogP contribution is -2.34. The summed E-state index contributed by atoms with van der Waals surface area (Å²) >= 11 is 0. The zero-order valence-corrected chi connectivity index (χ0v) is 21.3. The summed E-state index contributed by atoms with van der Waals surface area (Å²) in [6.45, 7) is 1.83. The number of aryl methyl sites for hydroxylation is 1. The number of fused-ring (bicyclic) bond motifs is 2. The summed E-state index contributed by atoms with van der Waals surface area (Å²) in [7, 11) is -4.08. The Hall–Kier alpha value is -4.75. The Bertz CT molecular complexity index is 1770. The van der Waals surface area contributed by atoms with E-state index in [0.29, 0.717) is 0 Å². The average Bonchev–Trinajstić information content (AvgIpc) is 2.91. The van der Waals surface area contributed by atoms with Gasteiger partial charge in [0, 0.05) is 5.56 Å². The van der Waals surface area contributed by atoms with Crippen molar-refractivity contribution in [2.75, 3.05) is 5.32 Å². The van der Waals surface area contributed by atoms with Crippen LogP contribution in [0.25, 0.3) is 27.6 Å². The molecular weight excluding hydrogens is 496 g/mol. The molecule has 0 spiro atoms. The molecule has 0 bridgehead atoms. The van der Waals surface area contributed by atoms with Crippen LogP contribution in [0.15, 0.2) is 114 Å². The molecule has 0 saturated carbocycles. The van der Waals surface area contributed by atoms with E-state index in [0.717, 1.165) is 32.7 Å². The van der Waals surface area contributed by atoms with Gasteiger partial charge in [0.1, 0.15) is 0 Å². The van der Waals surface area contributed by atoms with Crippen LogP contribution in [0.1, 0.15) is 21.5 Å². The van der Waals surface area contributed by atoms with Crippen molar-refractivity contribution < 1.29 is 18.0 Å². The van der Waals surface area contributed by atoms with Crippen LogP contribution in [0.2, 0.25) is 0 Å². The average molecular weight is 521 g/mol. The third-order valence-electron chi connectivity index (χ3n) is 6.21. The van der Waals surface area contributed by atoms with Gasteiger partial charge in [0.15, 0.2) is 5.78 Å². The highest BCUT2D eigenvalue weighted by atomic mass is 32.2. The van der Waals surface area contributed by atoms with Crippen LogP contribution in [0.5, 0.6) is 0 Å². The van der Waals surface area contributed by atoms with E-state index in [1.54, 1.807) is 42.5 Å². The lowest BCUT2D eigenvalue weighted by atomic mass is 9.96. The lowest BCUT2D eigenvalue weighted by molar-refractivity contribution is 0.104. The molecule has 0 heterocycles. The minimum absolute atomic E-state index is 0.0344. The number of rotatable bonds is 6. The molecule has 0 fully saturated rings. The maximum absolute atomic E-state index is 13.3. The van der Waals surface area contributed by atoms with Crippen LogP contribution in [0.3, 0.4) is 0 Å². The first kappa shape index (κ1) is 24.9. The van der Waals surface area contributed by atoms with E-state index in [1.807, 2.05) is 60.2 Å². The first-order valence-corrected chi connectivity index (χ1v) is 13.4. The van der Waals surface area contributed by atoms with E-state index in [1.165, 1.54) is 18.2 Å². The maximum Gasteiger partial charge on any atom is 0.333 e. The summed E-state index contributed by atoms with van der Waals surface area (Å²) in [5, 5.41) is 6.66. The van der Waals surface area contributed by atoms with Gasteiger partial charge in [-0.05, 0) is 76.5 Å². The van der Waals surface area contributed by atoms with Gasteiger partial charge in [-0.3, -0.25) is 4.79 Å². The highest BCUT2D eigenvalue weighted by Gasteiger charge is 2.19. The molecule has 0 aliphatic rings. The topological polar surface area (TPSA) is 92.3 Å². The highest BCUT2D eigenvalue weighted by Crippen LogP contribution is 2.30. The van der Waals surface area contributed by atoms with E-state index in [4.69, 9.17) is 0 Å². The number of hydrogen-bond donors (Lipinski definition) is 2. The summed E-state index contributed by atoms with van der Waals surface area (Å²) in [6, 6.07) is 29.7. The molecule has 188 valence electrons. The van der Waals surface area contributed by atoms with Crippen molar-refractivity contribution in [2.45, 2.75) is 11.8 Å². The van der Waals surface area contributed by atoms with Crippen LogP contribution >= 0.6 is 0 Å². The van der Waals surface area contributed by atoms with Gasteiger partial charge in [-0.1, -0.05) is 78.4 Å². The number of benzene rings is 5. The predicted octanol–water partition coefficient (Wildman–Crippen LogP) is 6.71. The molecule has 0 unspecified atom stereocenters. The molecule has 6 nitrogen and oxygen atoms in total. The third kappa shape index (κ3) is 5.19. The largest absolute Gasteiger partial charge is 0.333 e. The minimum atomic E-state index is -4.08. The van der Waals surface area contributed by atoms with Crippen molar-refractivity contribution in [3.8, 4) is 0 Å². The number of sulfonamides is 1. The Morgan fingerprint density at radius 1 is 0.737 bits per heavy atom. The molecule has 0 aromatic heterocycles. The molecule has 38 heavy (non-hydrogen) atoms. The maximum atomic E-state index is 13.3. The minimum Gasteiger partial charge on any atom is -0.306 e. The molecular formula is C31H24N2O4S. The van der Waals surface area contributed by atoms with Crippen molar-refractivity contribution >= 4 is 55.1 Å². The smallest absolute Gasteiger partial charge is 0.306 e. The van der Waals surface area contributed by atoms with Crippen LogP contribution in [0.4, 0.5) is 10.5 Å². The molecule has 0 saturated heterocycles. The molecule has 7 heteroatoms. The van der Waals surface area contributed by atoms with Crippen LogP contribution in [0, 0.1) is 6.92 Å². The SMILES string of the molecule is Cc1ccc(S(=O)(=O)NC(=O)Nc2ccccc2C(=O)/C=C/c2c3ccccc3cc3ccccc23)cc1. The number of nitrogens with one attached hydrogen (secondary N) is 2. The fourth-order valence-electron chi connectivity index (χ4n) is 4.33. The Kier molecular flexibility index (Phi) is 6.77. The zero-order valence-electron chi connectivity index (χ0n) is 20.5. The number of urea groups is 1. The number of carbonyl (C=O) groups excluding carboxylic acids is 2. The highest BCUT2D eigenvalue weighted by molar-refractivity contribution is 7.90. The summed E-state index contributed by atoms with van der Waals surface area (Å²) in [4.78, 5) is 25.8. The molecule has 5 aromatic carbocycles. The second-order valence-electron chi connectivity index (χ2n) is 8.85. The van der Waals surface area contributed by atoms with Crippen LogP contribution in [-0.4, -0.2) is 20.2 Å². The predicted molar refractivity (Wildman–Crippen MR) is 152 cm³/mol. The van der Waals surface area contributed by atoms with Gasteiger partial charge in [-0.2, -0.15) is 0 Å². The van der Waals surface area contributed by atoms with Gasteiger partial charge in [0.25, 0.3) is 10.0 Å². The number of para-hydroxylation sites is 1. The van der Waals surface area contributed by atoms with Gasteiger partial charge < -0.3 is 5.32 Å². The Labute approximate surface area is 220 Å². The number of carbonyl (C=O) groups is 2. The summed E-state index contributed by atoms with van der Waals surface area (Å²) < 4.78 is 27.2. The van der Waals surface area contributed by atoms with Crippen LogP contribution in [-0.2, 0) is 10.0 Å². The first-order chi connectivity index (χ1) is 18.3. The third-order valence-corrected chi connectivity index (χ3v) is 7.56. The second kappa shape index (κ2) is 10.3. The molecule has 0 atom stereocenters. The van der Waals surface area contributed by atoms with Crippen molar-refractivity contribution in [1.82, 2.24) is 4.72 Å². The standard InChI is InChI=1S/C31H24N2O4S/c1-21-14-16-24(17-15-21)38(36,37)33-31(35)32-29-13-7-6-12-28(29)30(34)19-18-27-25-10-4-2-8-22(25)20-23-9-3-5-11-26(23)27/h2-20H,1H3,(H2,32,33,35)/b19-18+. The normalized spacial score (nSPS) is 11.6. The summed E-state index contributed by atoms with van der Waals surface area (Å²) in [5.41, 5.74) is 2.24. The van der Waals surface area contributed by atoms with E-state index in [2.05, 4.69) is 11.4 Å². The molecule has 5 aromatic rings. The van der Waals surface area contributed by atoms with Crippen LogP contribution < -0.4 is 10.0 Å². The van der Waals surface area contributed by atoms with E-state index >= 15 is 0 Å². The summed E-state index contributed by atoms with van der Waals surface area (Å²) in [5.74, 6) is -0.334. The zero-order chi connectivity index (χ0) is 26.7. The Balaban J connectivity index is 1.41. The molecule has 0 aliphatic heterocycles. The molecule has 5 rings (SSSR count). The molecule has 2 N–H and O–H groups in total. The van der Waals surface area contributed by atoms with Gasteiger partial charge in [-0.15, -0.1) is 0 Å². The monoisotopic (exact) mass is 520 g/mol. The molecule has 0 aliphatic carbocycles. The van der Waals surface area contributed by atoms with Crippen molar-refractivity contribution in [1.29, 1.82) is 0 Å². The molecule has 0 radical (unpaired) electrons. The van der Waals surface area contributed by atoms with Gasteiger partial charge in [-0.25, -0.2) is 17.9 Å². The van der Waals surface area contributed by atoms with Gasteiger partial charge >= 0.3 is 6.03 Å². The fourth-order valence-corrected chi connectivity index (χ4v) is 5.24. The Morgan fingerprint density at radius 2 is 1.32 bits per heavy atom. The van der Waals surface area contributed by atoms with Crippen molar-refractivity contribution in [3.63, 3.8) is 0 Å². The quantitative estimate of drug-likeness (QED) is 0.148. The van der Waals surface area contributed by atoms with Gasteiger partial charge in [0.05, 0.1) is 10.6 Å². The summed E-state index contributed by atoms with van der Waals surface area (Å²) in [6.07, 6.45) is 3.25. The lowest BCUT2D eigenvalue weighted by Gasteiger charge is -2.11.